The molecule has 162 valence electrons. The third kappa shape index (κ3) is 4.14. The summed E-state index contributed by atoms with van der Waals surface area (Å²) in [7, 11) is 0. The maximum absolute atomic E-state index is 13.4. The zero-order valence-electron chi connectivity index (χ0n) is 17.6. The number of carbonyl (C=O) groups excluding carboxylic acids is 1. The average Bonchev–Trinajstić information content (AvgIpc) is 3.42. The van der Waals surface area contributed by atoms with E-state index < -0.39 is 0 Å². The number of hydrogen-bond acceptors (Lipinski definition) is 5. The van der Waals surface area contributed by atoms with Crippen LogP contribution in [0, 0.1) is 5.92 Å². The van der Waals surface area contributed by atoms with Crippen LogP contribution in [-0.2, 0) is 4.79 Å². The van der Waals surface area contributed by atoms with Crippen LogP contribution in [0.4, 0.5) is 0 Å². The van der Waals surface area contributed by atoms with Crippen LogP contribution in [0.5, 0.6) is 11.5 Å². The van der Waals surface area contributed by atoms with Crippen LogP contribution in [0.25, 0.3) is 0 Å². The molecule has 0 spiro atoms. The molecule has 0 radical (unpaired) electrons. The van der Waals surface area contributed by atoms with Crippen molar-refractivity contribution < 1.29 is 14.3 Å². The number of fused-ring (bicyclic) bond motifs is 1. The molecule has 1 atom stereocenters. The van der Waals surface area contributed by atoms with Gasteiger partial charge >= 0.3 is 0 Å². The Morgan fingerprint density at radius 2 is 1.90 bits per heavy atom. The highest BCUT2D eigenvalue weighted by Gasteiger charge is 2.35. The normalized spacial score (nSPS) is 21.4. The molecule has 2 aromatic rings. The molecule has 6 nitrogen and oxygen atoms in total. The molecule has 0 N–H and O–H groups in total. The third-order valence-electron chi connectivity index (χ3n) is 6.37. The second-order valence-corrected chi connectivity index (χ2v) is 8.96. The van der Waals surface area contributed by atoms with Crippen molar-refractivity contribution in [3.63, 3.8) is 0 Å². The number of hydrogen-bond donors (Lipinski definition) is 0. The zero-order chi connectivity index (χ0) is 21.4. The highest BCUT2D eigenvalue weighted by atomic mass is 35.5. The van der Waals surface area contributed by atoms with Crippen LogP contribution in [0.1, 0.15) is 43.4 Å². The van der Waals surface area contributed by atoms with E-state index in [1.54, 1.807) is 5.01 Å². The molecule has 1 saturated heterocycles. The van der Waals surface area contributed by atoms with Gasteiger partial charge in [-0.1, -0.05) is 42.8 Å². The fourth-order valence-electron chi connectivity index (χ4n) is 4.46. The Labute approximate surface area is 187 Å². The Hall–Kier alpha value is -2.57. The Kier molecular flexibility index (Phi) is 5.59. The predicted molar refractivity (Wildman–Crippen MR) is 120 cm³/mol. The van der Waals surface area contributed by atoms with E-state index in [1.807, 2.05) is 42.5 Å². The van der Waals surface area contributed by atoms with Crippen LogP contribution in [-0.4, -0.2) is 48.0 Å². The Bertz CT molecular complexity index is 1020. The van der Waals surface area contributed by atoms with E-state index in [-0.39, 0.29) is 18.7 Å². The molecule has 3 aliphatic rings. The number of nitrogens with zero attached hydrogens (tertiary/aromatic N) is 3. The SMILES string of the molecule is CC1CCN(CC(=O)N2N=C(c3ccccc3Cl)C[C@@H]2c2ccc3c(c2)OCO3)CC1. The Morgan fingerprint density at radius 3 is 2.71 bits per heavy atom. The molecule has 0 unspecified atom stereocenters. The quantitative estimate of drug-likeness (QED) is 0.704. The van der Waals surface area contributed by atoms with Crippen molar-refractivity contribution in [3.8, 4) is 11.5 Å². The number of likely N-dealkylation sites (tertiary alicyclic amines) is 1. The second kappa shape index (κ2) is 8.52. The van der Waals surface area contributed by atoms with Crippen molar-refractivity contribution in [2.24, 2.45) is 11.0 Å². The number of ether oxygens (including phenoxy) is 2. The summed E-state index contributed by atoms with van der Waals surface area (Å²) in [6.07, 6.45) is 2.87. The molecule has 5 rings (SSSR count). The summed E-state index contributed by atoms with van der Waals surface area (Å²) < 4.78 is 11.0. The molecular formula is C24H26ClN3O3. The van der Waals surface area contributed by atoms with Gasteiger partial charge in [-0.15, -0.1) is 0 Å². The van der Waals surface area contributed by atoms with E-state index in [1.165, 1.54) is 0 Å². The van der Waals surface area contributed by atoms with E-state index in [0.717, 1.165) is 54.4 Å². The minimum absolute atomic E-state index is 0.0132. The number of hydrazone groups is 1. The number of amides is 1. The first-order chi connectivity index (χ1) is 15.1. The van der Waals surface area contributed by atoms with Gasteiger partial charge in [0.15, 0.2) is 11.5 Å². The van der Waals surface area contributed by atoms with E-state index in [4.69, 9.17) is 26.2 Å². The third-order valence-corrected chi connectivity index (χ3v) is 6.70. The molecule has 1 amide bonds. The van der Waals surface area contributed by atoms with Gasteiger partial charge in [-0.3, -0.25) is 9.69 Å². The predicted octanol–water partition coefficient (Wildman–Crippen LogP) is 4.48. The van der Waals surface area contributed by atoms with Crippen LogP contribution >= 0.6 is 11.6 Å². The van der Waals surface area contributed by atoms with E-state index in [9.17, 15) is 4.79 Å². The first kappa shape index (κ1) is 20.3. The Morgan fingerprint density at radius 1 is 1.13 bits per heavy atom. The standard InChI is InChI=1S/C24H26ClN3O3/c1-16-8-10-27(11-9-16)14-24(29)28-21(17-6-7-22-23(12-17)31-15-30-22)13-20(26-28)18-4-2-3-5-19(18)25/h2-7,12,16,21H,8-11,13-15H2,1H3/t21-/m1/s1. The van der Waals surface area contributed by atoms with Crippen LogP contribution in [0.3, 0.4) is 0 Å². The fourth-order valence-corrected chi connectivity index (χ4v) is 4.71. The van der Waals surface area contributed by atoms with Crippen molar-refractivity contribution in [2.45, 2.75) is 32.2 Å². The summed E-state index contributed by atoms with van der Waals surface area (Å²) in [6, 6.07) is 13.3. The molecule has 0 bridgehead atoms. The zero-order valence-corrected chi connectivity index (χ0v) is 18.3. The van der Waals surface area contributed by atoms with Crippen molar-refractivity contribution in [3.05, 3.63) is 58.6 Å². The summed E-state index contributed by atoms with van der Waals surface area (Å²) in [5.74, 6) is 2.18. The second-order valence-electron chi connectivity index (χ2n) is 8.56. The Balaban J connectivity index is 1.43. The van der Waals surface area contributed by atoms with Crippen molar-refractivity contribution in [1.29, 1.82) is 0 Å². The van der Waals surface area contributed by atoms with Gasteiger partial charge < -0.3 is 9.47 Å². The average molecular weight is 440 g/mol. The van der Waals surface area contributed by atoms with E-state index in [2.05, 4.69) is 11.8 Å². The van der Waals surface area contributed by atoms with Crippen LogP contribution < -0.4 is 9.47 Å². The highest BCUT2D eigenvalue weighted by Crippen LogP contribution is 2.39. The van der Waals surface area contributed by atoms with Gasteiger partial charge in [-0.25, -0.2) is 5.01 Å². The van der Waals surface area contributed by atoms with Gasteiger partial charge in [0.25, 0.3) is 5.91 Å². The van der Waals surface area contributed by atoms with Gasteiger partial charge in [0, 0.05) is 17.0 Å². The van der Waals surface area contributed by atoms with E-state index >= 15 is 0 Å². The van der Waals surface area contributed by atoms with Gasteiger partial charge in [-0.05, 0) is 55.6 Å². The molecule has 7 heteroatoms. The monoisotopic (exact) mass is 439 g/mol. The minimum atomic E-state index is -0.197. The van der Waals surface area contributed by atoms with Crippen molar-refractivity contribution >= 4 is 23.2 Å². The number of carbonyl (C=O) groups is 1. The van der Waals surface area contributed by atoms with Gasteiger partial charge in [-0.2, -0.15) is 5.10 Å². The van der Waals surface area contributed by atoms with Crippen molar-refractivity contribution in [1.82, 2.24) is 9.91 Å². The minimum Gasteiger partial charge on any atom is -0.454 e. The lowest BCUT2D eigenvalue weighted by molar-refractivity contribution is -0.134. The van der Waals surface area contributed by atoms with Gasteiger partial charge in [0.2, 0.25) is 6.79 Å². The maximum Gasteiger partial charge on any atom is 0.257 e. The molecular weight excluding hydrogens is 414 g/mol. The lowest BCUT2D eigenvalue weighted by Crippen LogP contribution is -2.41. The summed E-state index contributed by atoms with van der Waals surface area (Å²) in [4.78, 5) is 15.6. The van der Waals surface area contributed by atoms with Crippen LogP contribution in [0.2, 0.25) is 5.02 Å². The topological polar surface area (TPSA) is 54.4 Å². The lowest BCUT2D eigenvalue weighted by Gasteiger charge is -2.31. The molecule has 0 aliphatic carbocycles. The molecule has 0 aromatic heterocycles. The summed E-state index contributed by atoms with van der Waals surface area (Å²) in [5, 5.41) is 7.06. The van der Waals surface area contributed by atoms with Gasteiger partial charge in [0.1, 0.15) is 0 Å². The van der Waals surface area contributed by atoms with E-state index in [0.29, 0.717) is 23.7 Å². The summed E-state index contributed by atoms with van der Waals surface area (Å²) in [6.45, 7) is 4.79. The molecule has 1 fully saturated rings. The highest BCUT2D eigenvalue weighted by molar-refractivity contribution is 6.34. The number of rotatable bonds is 4. The van der Waals surface area contributed by atoms with Gasteiger partial charge in [0.05, 0.1) is 18.3 Å². The smallest absolute Gasteiger partial charge is 0.257 e. The molecule has 3 heterocycles. The van der Waals surface area contributed by atoms with Crippen molar-refractivity contribution in [2.75, 3.05) is 26.4 Å². The first-order valence-corrected chi connectivity index (χ1v) is 11.2. The molecule has 2 aromatic carbocycles. The molecule has 0 saturated carbocycles. The fraction of sp³-hybridized carbons (Fsp3) is 0.417. The summed E-state index contributed by atoms with van der Waals surface area (Å²) >= 11 is 6.44. The number of piperidine rings is 1. The maximum atomic E-state index is 13.4. The number of halogens is 1. The molecule has 31 heavy (non-hydrogen) atoms. The lowest BCUT2D eigenvalue weighted by atomic mass is 9.97. The van der Waals surface area contributed by atoms with Crippen LogP contribution in [0.15, 0.2) is 47.6 Å². The largest absolute Gasteiger partial charge is 0.454 e. The summed E-state index contributed by atoms with van der Waals surface area (Å²) in [5.41, 5.74) is 2.68. The first-order valence-electron chi connectivity index (χ1n) is 10.8. The number of benzene rings is 2. The molecule has 3 aliphatic heterocycles.